The molecule has 0 amide bonds. The lowest BCUT2D eigenvalue weighted by molar-refractivity contribution is 0.393. The van der Waals surface area contributed by atoms with Crippen molar-refractivity contribution in [1.82, 2.24) is 15.1 Å². The second kappa shape index (κ2) is 6.95. The summed E-state index contributed by atoms with van der Waals surface area (Å²) >= 11 is 0. The standard InChI is InChI=1S/C27H23N3O/c1-16-25(17(2)31-30-16)20-14-23(26-24(15-20)28-27(29-26)19-12-13-19)22-11-7-6-10-21(22)18-8-4-3-5-9-18/h3-11,14-15,19H,12-13H2,1-2H3,(H,28,29). The second-order valence-corrected chi connectivity index (χ2v) is 8.43. The van der Waals surface area contributed by atoms with Gasteiger partial charge in [0.2, 0.25) is 0 Å². The molecule has 4 nitrogen and oxygen atoms in total. The fraction of sp³-hybridized carbons (Fsp3) is 0.185. The van der Waals surface area contributed by atoms with E-state index in [1.54, 1.807) is 0 Å². The molecule has 152 valence electrons. The number of benzene rings is 3. The molecule has 0 spiro atoms. The zero-order valence-corrected chi connectivity index (χ0v) is 17.6. The Labute approximate surface area is 180 Å². The van der Waals surface area contributed by atoms with Crippen molar-refractivity contribution in [3.05, 3.63) is 84.0 Å². The van der Waals surface area contributed by atoms with Crippen LogP contribution in [0.25, 0.3) is 44.4 Å². The minimum absolute atomic E-state index is 0.562. The van der Waals surface area contributed by atoms with Gasteiger partial charge in [-0.3, -0.25) is 0 Å². The third-order valence-electron chi connectivity index (χ3n) is 6.19. The van der Waals surface area contributed by atoms with Gasteiger partial charge in [0.1, 0.15) is 11.6 Å². The Kier molecular flexibility index (Phi) is 4.06. The monoisotopic (exact) mass is 405 g/mol. The van der Waals surface area contributed by atoms with E-state index in [2.05, 4.69) is 76.9 Å². The summed E-state index contributed by atoms with van der Waals surface area (Å²) in [6.45, 7) is 3.97. The Bertz CT molecular complexity index is 1390. The van der Waals surface area contributed by atoms with E-state index < -0.39 is 0 Å². The molecule has 1 fully saturated rings. The molecular weight excluding hydrogens is 382 g/mol. The summed E-state index contributed by atoms with van der Waals surface area (Å²) in [4.78, 5) is 8.66. The van der Waals surface area contributed by atoms with Crippen LogP contribution < -0.4 is 0 Å². The lowest BCUT2D eigenvalue weighted by Crippen LogP contribution is -1.90. The zero-order chi connectivity index (χ0) is 20.9. The number of aromatic nitrogens is 3. The number of hydrogen-bond donors (Lipinski definition) is 1. The van der Waals surface area contributed by atoms with Gasteiger partial charge < -0.3 is 9.51 Å². The van der Waals surface area contributed by atoms with Crippen LogP contribution in [0.1, 0.15) is 36.0 Å². The van der Waals surface area contributed by atoms with Crippen LogP contribution in [0.5, 0.6) is 0 Å². The molecule has 0 unspecified atom stereocenters. The van der Waals surface area contributed by atoms with Crippen LogP contribution in [-0.2, 0) is 0 Å². The molecule has 2 aromatic heterocycles. The van der Waals surface area contributed by atoms with Crippen molar-refractivity contribution in [3.8, 4) is 33.4 Å². The SMILES string of the molecule is Cc1noc(C)c1-c1cc(-c2ccccc2-c2ccccc2)c2nc(C3CC3)[nH]c2c1. The van der Waals surface area contributed by atoms with Gasteiger partial charge in [0.25, 0.3) is 0 Å². The summed E-state index contributed by atoms with van der Waals surface area (Å²) < 4.78 is 5.48. The molecule has 6 rings (SSSR count). The highest BCUT2D eigenvalue weighted by atomic mass is 16.5. The first-order chi connectivity index (χ1) is 15.2. The summed E-state index contributed by atoms with van der Waals surface area (Å²) in [5.41, 5.74) is 9.88. The number of aryl methyl sites for hydroxylation is 2. The van der Waals surface area contributed by atoms with Gasteiger partial charge in [0.15, 0.2) is 0 Å². The van der Waals surface area contributed by atoms with Crippen LogP contribution in [0.15, 0.2) is 71.3 Å². The quantitative estimate of drug-likeness (QED) is 0.349. The Morgan fingerprint density at radius 1 is 0.839 bits per heavy atom. The van der Waals surface area contributed by atoms with E-state index in [9.17, 15) is 0 Å². The van der Waals surface area contributed by atoms with Crippen LogP contribution >= 0.6 is 0 Å². The molecule has 1 aliphatic carbocycles. The minimum Gasteiger partial charge on any atom is -0.361 e. The predicted molar refractivity (Wildman–Crippen MR) is 124 cm³/mol. The first-order valence-corrected chi connectivity index (χ1v) is 10.8. The molecule has 0 bridgehead atoms. The molecule has 0 radical (unpaired) electrons. The summed E-state index contributed by atoms with van der Waals surface area (Å²) in [5, 5.41) is 4.18. The number of nitrogens with one attached hydrogen (secondary N) is 1. The van der Waals surface area contributed by atoms with Gasteiger partial charge >= 0.3 is 0 Å². The van der Waals surface area contributed by atoms with Gasteiger partial charge in [-0.25, -0.2) is 4.98 Å². The highest BCUT2D eigenvalue weighted by Crippen LogP contribution is 2.43. The van der Waals surface area contributed by atoms with E-state index in [1.165, 1.54) is 29.5 Å². The molecule has 4 heteroatoms. The Morgan fingerprint density at radius 2 is 1.58 bits per heavy atom. The molecule has 31 heavy (non-hydrogen) atoms. The normalized spacial score (nSPS) is 13.7. The Hall–Kier alpha value is -3.66. The average Bonchev–Trinajstić information content (AvgIpc) is 3.48. The Balaban J connectivity index is 1.65. The van der Waals surface area contributed by atoms with E-state index in [-0.39, 0.29) is 0 Å². The molecule has 3 aromatic carbocycles. The molecular formula is C27H23N3O. The smallest absolute Gasteiger partial charge is 0.141 e. The van der Waals surface area contributed by atoms with E-state index in [4.69, 9.17) is 9.51 Å². The summed E-state index contributed by atoms with van der Waals surface area (Å²) in [6, 6.07) is 23.6. The molecule has 1 saturated carbocycles. The maximum atomic E-state index is 5.48. The van der Waals surface area contributed by atoms with Gasteiger partial charge in [-0.15, -0.1) is 0 Å². The van der Waals surface area contributed by atoms with Crippen molar-refractivity contribution < 1.29 is 4.52 Å². The van der Waals surface area contributed by atoms with Crippen LogP contribution in [0.3, 0.4) is 0 Å². The number of nitrogens with zero attached hydrogens (tertiary/aromatic N) is 2. The highest BCUT2D eigenvalue weighted by Gasteiger charge is 2.28. The van der Waals surface area contributed by atoms with Gasteiger partial charge in [0.05, 0.1) is 16.7 Å². The maximum Gasteiger partial charge on any atom is 0.141 e. The molecule has 5 aromatic rings. The molecule has 0 aliphatic heterocycles. The lowest BCUT2D eigenvalue weighted by Gasteiger charge is -2.12. The lowest BCUT2D eigenvalue weighted by atomic mass is 9.91. The van der Waals surface area contributed by atoms with Crippen LogP contribution in [0.4, 0.5) is 0 Å². The van der Waals surface area contributed by atoms with Crippen LogP contribution in [0.2, 0.25) is 0 Å². The van der Waals surface area contributed by atoms with Crippen molar-refractivity contribution in [1.29, 1.82) is 0 Å². The van der Waals surface area contributed by atoms with Gasteiger partial charge in [-0.2, -0.15) is 0 Å². The average molecular weight is 406 g/mol. The first kappa shape index (κ1) is 18.1. The number of hydrogen-bond acceptors (Lipinski definition) is 3. The first-order valence-electron chi connectivity index (χ1n) is 10.8. The number of aromatic amines is 1. The van der Waals surface area contributed by atoms with E-state index in [1.807, 2.05) is 13.8 Å². The third-order valence-corrected chi connectivity index (χ3v) is 6.19. The fourth-order valence-corrected chi connectivity index (χ4v) is 4.52. The Morgan fingerprint density at radius 3 is 2.29 bits per heavy atom. The third kappa shape index (κ3) is 3.07. The number of fused-ring (bicyclic) bond motifs is 1. The molecule has 2 heterocycles. The summed E-state index contributed by atoms with van der Waals surface area (Å²) in [5.74, 6) is 2.50. The minimum atomic E-state index is 0.562. The molecule has 1 N–H and O–H groups in total. The van der Waals surface area contributed by atoms with Gasteiger partial charge in [-0.1, -0.05) is 59.8 Å². The van der Waals surface area contributed by atoms with E-state index >= 15 is 0 Å². The predicted octanol–water partition coefficient (Wildman–Crippen LogP) is 7.05. The van der Waals surface area contributed by atoms with Crippen molar-refractivity contribution in [2.45, 2.75) is 32.6 Å². The summed E-state index contributed by atoms with van der Waals surface area (Å²) in [6.07, 6.45) is 2.43. The van der Waals surface area contributed by atoms with Crippen molar-refractivity contribution in [2.24, 2.45) is 0 Å². The second-order valence-electron chi connectivity index (χ2n) is 8.43. The van der Waals surface area contributed by atoms with Crippen LogP contribution in [0, 0.1) is 13.8 Å². The van der Waals surface area contributed by atoms with Crippen molar-refractivity contribution in [2.75, 3.05) is 0 Å². The van der Waals surface area contributed by atoms with E-state index in [0.29, 0.717) is 5.92 Å². The van der Waals surface area contributed by atoms with Crippen molar-refractivity contribution >= 4 is 11.0 Å². The molecule has 0 atom stereocenters. The topological polar surface area (TPSA) is 54.7 Å². The summed E-state index contributed by atoms with van der Waals surface area (Å²) in [7, 11) is 0. The fourth-order valence-electron chi connectivity index (χ4n) is 4.52. The largest absolute Gasteiger partial charge is 0.361 e. The van der Waals surface area contributed by atoms with E-state index in [0.717, 1.165) is 45.0 Å². The number of H-pyrrole nitrogens is 1. The number of rotatable bonds is 4. The maximum absolute atomic E-state index is 5.48. The molecule has 0 saturated heterocycles. The number of imidazole rings is 1. The van der Waals surface area contributed by atoms with Gasteiger partial charge in [0, 0.05) is 17.0 Å². The zero-order valence-electron chi connectivity index (χ0n) is 17.6. The van der Waals surface area contributed by atoms with Crippen LogP contribution in [-0.4, -0.2) is 15.1 Å². The van der Waals surface area contributed by atoms with Gasteiger partial charge in [-0.05, 0) is 61.1 Å². The highest BCUT2D eigenvalue weighted by molar-refractivity contribution is 6.00. The molecule has 1 aliphatic rings. The van der Waals surface area contributed by atoms with Crippen molar-refractivity contribution in [3.63, 3.8) is 0 Å².